The molecule has 3 saturated heterocycles. The van der Waals surface area contributed by atoms with E-state index in [9.17, 15) is 4.79 Å². The largest absolute Gasteiger partial charge is 0.347 e. The van der Waals surface area contributed by atoms with Crippen molar-refractivity contribution in [2.75, 3.05) is 44.3 Å². The van der Waals surface area contributed by atoms with E-state index in [1.54, 1.807) is 6.07 Å². The molecule has 3 aliphatic rings. The van der Waals surface area contributed by atoms with Crippen LogP contribution in [-0.2, 0) is 9.47 Å². The summed E-state index contributed by atoms with van der Waals surface area (Å²) in [5, 5.41) is 0. The highest BCUT2D eigenvalue weighted by Gasteiger charge is 2.41. The molecule has 4 rings (SSSR count). The monoisotopic (exact) mass is 332 g/mol. The quantitative estimate of drug-likeness (QED) is 0.815. The molecule has 3 fully saturated rings. The first kappa shape index (κ1) is 15.8. The fourth-order valence-electron chi connectivity index (χ4n) is 3.72. The van der Waals surface area contributed by atoms with Gasteiger partial charge in [0.2, 0.25) is 5.95 Å². The Labute approximate surface area is 142 Å². The number of carbonyl (C=O) groups is 1. The van der Waals surface area contributed by atoms with Crippen molar-refractivity contribution in [3.63, 3.8) is 0 Å². The lowest BCUT2D eigenvalue weighted by molar-refractivity contribution is -0.181. The second kappa shape index (κ2) is 6.29. The van der Waals surface area contributed by atoms with E-state index in [4.69, 9.17) is 9.47 Å². The number of nitrogens with zero attached hydrogens (tertiary/aromatic N) is 4. The summed E-state index contributed by atoms with van der Waals surface area (Å²) in [6.07, 6.45) is 3.77. The highest BCUT2D eigenvalue weighted by Crippen LogP contribution is 2.31. The molecule has 0 aromatic carbocycles. The van der Waals surface area contributed by atoms with E-state index in [1.807, 2.05) is 11.8 Å². The third kappa shape index (κ3) is 2.98. The molecule has 0 unspecified atom stereocenters. The van der Waals surface area contributed by atoms with Crippen molar-refractivity contribution in [1.82, 2.24) is 14.9 Å². The lowest BCUT2D eigenvalue weighted by Crippen LogP contribution is -2.47. The van der Waals surface area contributed by atoms with Crippen LogP contribution >= 0.6 is 0 Å². The molecule has 0 bridgehead atoms. The summed E-state index contributed by atoms with van der Waals surface area (Å²) in [5.74, 6) is 0.208. The third-order valence-corrected chi connectivity index (χ3v) is 5.08. The summed E-state index contributed by atoms with van der Waals surface area (Å²) in [5.41, 5.74) is 1.33. The van der Waals surface area contributed by atoms with Crippen LogP contribution in [0.2, 0.25) is 0 Å². The molecular weight excluding hydrogens is 308 g/mol. The summed E-state index contributed by atoms with van der Waals surface area (Å²) in [4.78, 5) is 25.9. The smallest absolute Gasteiger partial charge is 0.272 e. The van der Waals surface area contributed by atoms with E-state index in [2.05, 4.69) is 14.9 Å². The Morgan fingerprint density at radius 3 is 2.42 bits per heavy atom. The fourth-order valence-corrected chi connectivity index (χ4v) is 3.72. The maximum Gasteiger partial charge on any atom is 0.272 e. The molecule has 4 heterocycles. The van der Waals surface area contributed by atoms with Crippen molar-refractivity contribution in [3.05, 3.63) is 17.5 Å². The van der Waals surface area contributed by atoms with Gasteiger partial charge in [-0.05, 0) is 25.8 Å². The number of hydrogen-bond donors (Lipinski definition) is 0. The van der Waals surface area contributed by atoms with Crippen molar-refractivity contribution in [2.24, 2.45) is 0 Å². The van der Waals surface area contributed by atoms with E-state index < -0.39 is 5.79 Å². The van der Waals surface area contributed by atoms with Gasteiger partial charge in [0.05, 0.1) is 13.2 Å². The summed E-state index contributed by atoms with van der Waals surface area (Å²) in [7, 11) is 0. The Balaban J connectivity index is 1.48. The van der Waals surface area contributed by atoms with Crippen molar-refractivity contribution in [1.29, 1.82) is 0 Å². The number of piperidine rings is 1. The summed E-state index contributed by atoms with van der Waals surface area (Å²) in [6.45, 7) is 6.44. The molecule has 0 aliphatic carbocycles. The van der Waals surface area contributed by atoms with Gasteiger partial charge in [0, 0.05) is 44.7 Å². The van der Waals surface area contributed by atoms with Gasteiger partial charge in [0.15, 0.2) is 5.79 Å². The van der Waals surface area contributed by atoms with Crippen molar-refractivity contribution < 1.29 is 14.3 Å². The number of hydrogen-bond acceptors (Lipinski definition) is 6. The van der Waals surface area contributed by atoms with Crippen LogP contribution in [0.4, 0.5) is 5.95 Å². The molecule has 0 radical (unpaired) electrons. The summed E-state index contributed by atoms with van der Waals surface area (Å²) < 4.78 is 11.5. The second-order valence-electron chi connectivity index (χ2n) is 6.79. The van der Waals surface area contributed by atoms with Gasteiger partial charge in [-0.15, -0.1) is 0 Å². The second-order valence-corrected chi connectivity index (χ2v) is 6.79. The normalized spacial score (nSPS) is 23.2. The molecule has 130 valence electrons. The van der Waals surface area contributed by atoms with E-state index in [0.717, 1.165) is 44.5 Å². The molecule has 3 aliphatic heterocycles. The van der Waals surface area contributed by atoms with Crippen LogP contribution in [0.25, 0.3) is 0 Å². The van der Waals surface area contributed by atoms with E-state index in [1.165, 1.54) is 0 Å². The van der Waals surface area contributed by atoms with Gasteiger partial charge < -0.3 is 19.3 Å². The topological polar surface area (TPSA) is 67.8 Å². The average Bonchev–Trinajstić information content (AvgIpc) is 3.27. The van der Waals surface area contributed by atoms with Crippen molar-refractivity contribution >= 4 is 11.9 Å². The molecule has 7 nitrogen and oxygen atoms in total. The van der Waals surface area contributed by atoms with E-state index >= 15 is 0 Å². The molecule has 7 heteroatoms. The van der Waals surface area contributed by atoms with Gasteiger partial charge in [-0.3, -0.25) is 4.79 Å². The van der Waals surface area contributed by atoms with Crippen LogP contribution in [0.3, 0.4) is 0 Å². The van der Waals surface area contributed by atoms with Crippen molar-refractivity contribution in [3.8, 4) is 0 Å². The van der Waals surface area contributed by atoms with Crippen LogP contribution in [0.5, 0.6) is 0 Å². The highest BCUT2D eigenvalue weighted by atomic mass is 16.7. The van der Waals surface area contributed by atoms with Gasteiger partial charge >= 0.3 is 0 Å². The van der Waals surface area contributed by atoms with Crippen LogP contribution in [-0.4, -0.2) is 66.0 Å². The van der Waals surface area contributed by atoms with E-state index in [0.29, 0.717) is 37.9 Å². The molecule has 0 atom stereocenters. The van der Waals surface area contributed by atoms with Gasteiger partial charge in [-0.25, -0.2) is 9.97 Å². The zero-order valence-corrected chi connectivity index (χ0v) is 14.2. The Kier molecular flexibility index (Phi) is 4.14. The predicted octanol–water partition coefficient (Wildman–Crippen LogP) is 1.36. The van der Waals surface area contributed by atoms with Crippen LogP contribution in [0, 0.1) is 6.92 Å². The zero-order chi connectivity index (χ0) is 16.6. The highest BCUT2D eigenvalue weighted by molar-refractivity contribution is 5.92. The molecule has 24 heavy (non-hydrogen) atoms. The first-order chi connectivity index (χ1) is 11.7. The third-order valence-electron chi connectivity index (χ3n) is 5.08. The fraction of sp³-hybridized carbons (Fsp3) is 0.706. The molecule has 1 spiro atoms. The number of anilines is 1. The van der Waals surface area contributed by atoms with Gasteiger partial charge in [0.1, 0.15) is 5.69 Å². The maximum absolute atomic E-state index is 12.9. The number of rotatable bonds is 2. The summed E-state index contributed by atoms with van der Waals surface area (Å²) in [6, 6.07) is 1.79. The predicted molar refractivity (Wildman–Crippen MR) is 88.0 cm³/mol. The van der Waals surface area contributed by atoms with Gasteiger partial charge in [-0.2, -0.15) is 0 Å². The Bertz CT molecular complexity index is 614. The molecule has 1 amide bonds. The van der Waals surface area contributed by atoms with E-state index in [-0.39, 0.29) is 5.91 Å². The number of ether oxygens (including phenoxy) is 2. The minimum absolute atomic E-state index is 0.0196. The maximum atomic E-state index is 12.9. The first-order valence-corrected chi connectivity index (χ1v) is 8.83. The van der Waals surface area contributed by atoms with Crippen LogP contribution in [0.1, 0.15) is 41.9 Å². The minimum atomic E-state index is -0.459. The van der Waals surface area contributed by atoms with Crippen LogP contribution < -0.4 is 4.90 Å². The number of aryl methyl sites for hydroxylation is 1. The average molecular weight is 332 g/mol. The Hall–Kier alpha value is -1.73. The summed E-state index contributed by atoms with van der Waals surface area (Å²) >= 11 is 0. The molecule has 0 saturated carbocycles. The number of likely N-dealkylation sites (tertiary alicyclic amines) is 1. The lowest BCUT2D eigenvalue weighted by Gasteiger charge is -2.37. The number of aromatic nitrogens is 2. The van der Waals surface area contributed by atoms with Crippen LogP contribution in [0.15, 0.2) is 6.07 Å². The Morgan fingerprint density at radius 2 is 1.75 bits per heavy atom. The SMILES string of the molecule is Cc1cc(C(=O)N2CCC3(CC2)OCCO3)nc(N2CCCC2)n1. The zero-order valence-electron chi connectivity index (χ0n) is 14.2. The van der Waals surface area contributed by atoms with Gasteiger partial charge in [-0.1, -0.05) is 0 Å². The molecule has 1 aromatic heterocycles. The Morgan fingerprint density at radius 1 is 1.08 bits per heavy atom. The molecule has 1 aromatic rings. The molecule has 0 N–H and O–H groups in total. The van der Waals surface area contributed by atoms with Gasteiger partial charge in [0.25, 0.3) is 5.91 Å². The minimum Gasteiger partial charge on any atom is -0.347 e. The molecular formula is C17H24N4O3. The van der Waals surface area contributed by atoms with Crippen molar-refractivity contribution in [2.45, 2.75) is 38.4 Å². The number of carbonyl (C=O) groups excluding carboxylic acids is 1. The first-order valence-electron chi connectivity index (χ1n) is 8.83. The number of amides is 1. The standard InChI is InChI=1S/C17H24N4O3/c1-13-12-14(19-16(18-13)21-6-2-3-7-21)15(22)20-8-4-17(5-9-20)23-10-11-24-17/h12H,2-11H2,1H3. The lowest BCUT2D eigenvalue weighted by atomic mass is 10.0.